The lowest BCUT2D eigenvalue weighted by atomic mass is 9.99. The fourth-order valence-electron chi connectivity index (χ4n) is 3.46. The van der Waals surface area contributed by atoms with E-state index in [-0.39, 0.29) is 6.04 Å². The topological polar surface area (TPSA) is 20.2 Å². The molecule has 4 rings (SSSR count). The van der Waals surface area contributed by atoms with E-state index in [2.05, 4.69) is 64.3 Å². The summed E-state index contributed by atoms with van der Waals surface area (Å²) < 4.78 is 2.31. The van der Waals surface area contributed by atoms with Crippen LogP contribution in [0.25, 0.3) is 0 Å². The van der Waals surface area contributed by atoms with Crippen LogP contribution in [0.4, 0.5) is 5.69 Å². The third kappa shape index (κ3) is 3.35. The maximum Gasteiger partial charge on any atom is 0.174 e. The van der Waals surface area contributed by atoms with Gasteiger partial charge in [-0.15, -0.1) is 0 Å². The molecule has 0 saturated heterocycles. The van der Waals surface area contributed by atoms with E-state index in [1.54, 1.807) is 0 Å². The molecule has 0 fully saturated rings. The molecule has 2 aromatic carbocycles. The zero-order valence-corrected chi connectivity index (χ0v) is 16.1. The highest BCUT2D eigenvalue weighted by atomic mass is 35.5. The Morgan fingerprint density at radius 1 is 1.08 bits per heavy atom. The number of aromatic nitrogens is 1. The molecule has 1 aliphatic rings. The molecule has 0 radical (unpaired) electrons. The van der Waals surface area contributed by atoms with Crippen molar-refractivity contribution in [3.8, 4) is 0 Å². The Bertz CT molecular complexity index is 932. The number of halogens is 1. The van der Waals surface area contributed by atoms with E-state index < -0.39 is 0 Å². The molecule has 0 aliphatic carbocycles. The van der Waals surface area contributed by atoms with Crippen LogP contribution in [0, 0.1) is 6.92 Å². The van der Waals surface area contributed by atoms with Crippen LogP contribution in [-0.2, 0) is 6.54 Å². The Morgan fingerprint density at radius 3 is 2.65 bits per heavy atom. The Kier molecular flexibility index (Phi) is 4.70. The summed E-state index contributed by atoms with van der Waals surface area (Å²) in [5.74, 6) is 0. The molecule has 132 valence electrons. The number of benzene rings is 2. The SMILES string of the molecule is Cc1ccc([C@@H]2c3cccn3CCN2C(=S)Nc2cccc(Cl)c2)cc1. The lowest BCUT2D eigenvalue weighted by Gasteiger charge is -2.39. The first-order valence-corrected chi connectivity index (χ1v) is 9.45. The highest BCUT2D eigenvalue weighted by Crippen LogP contribution is 2.33. The highest BCUT2D eigenvalue weighted by molar-refractivity contribution is 7.80. The van der Waals surface area contributed by atoms with Gasteiger partial charge in [0.05, 0.1) is 6.04 Å². The summed E-state index contributed by atoms with van der Waals surface area (Å²) in [6.45, 7) is 3.88. The average molecular weight is 382 g/mol. The monoisotopic (exact) mass is 381 g/mol. The van der Waals surface area contributed by atoms with E-state index in [1.807, 2.05) is 24.3 Å². The van der Waals surface area contributed by atoms with Gasteiger partial charge >= 0.3 is 0 Å². The minimum Gasteiger partial charge on any atom is -0.348 e. The number of nitrogens with one attached hydrogen (secondary N) is 1. The second-order valence-corrected chi connectivity index (χ2v) is 7.40. The summed E-state index contributed by atoms with van der Waals surface area (Å²) in [7, 11) is 0. The summed E-state index contributed by atoms with van der Waals surface area (Å²) in [4.78, 5) is 2.26. The van der Waals surface area contributed by atoms with Gasteiger partial charge in [-0.3, -0.25) is 0 Å². The van der Waals surface area contributed by atoms with Gasteiger partial charge in [0.25, 0.3) is 0 Å². The van der Waals surface area contributed by atoms with Gasteiger partial charge in [-0.1, -0.05) is 47.5 Å². The van der Waals surface area contributed by atoms with Gasteiger partial charge in [0.2, 0.25) is 0 Å². The Morgan fingerprint density at radius 2 is 1.88 bits per heavy atom. The predicted octanol–water partition coefficient (Wildman–Crippen LogP) is 5.25. The average Bonchev–Trinajstić information content (AvgIpc) is 3.10. The largest absolute Gasteiger partial charge is 0.348 e. The lowest BCUT2D eigenvalue weighted by Crippen LogP contribution is -2.44. The molecule has 1 aliphatic heterocycles. The molecule has 2 heterocycles. The van der Waals surface area contributed by atoms with Gasteiger partial charge in [0.1, 0.15) is 0 Å². The minimum absolute atomic E-state index is 0.0959. The molecule has 0 unspecified atom stereocenters. The van der Waals surface area contributed by atoms with Crippen molar-refractivity contribution in [2.75, 3.05) is 11.9 Å². The normalized spacial score (nSPS) is 16.2. The minimum atomic E-state index is 0.0959. The van der Waals surface area contributed by atoms with Crippen LogP contribution in [0.1, 0.15) is 22.9 Å². The summed E-state index contributed by atoms with van der Waals surface area (Å²) in [6, 6.07) is 20.7. The van der Waals surface area contributed by atoms with Crippen molar-refractivity contribution in [3.05, 3.63) is 88.7 Å². The first-order chi connectivity index (χ1) is 12.6. The van der Waals surface area contributed by atoms with Crippen molar-refractivity contribution in [2.24, 2.45) is 0 Å². The van der Waals surface area contributed by atoms with Crippen LogP contribution in [0.2, 0.25) is 5.02 Å². The number of nitrogens with zero attached hydrogens (tertiary/aromatic N) is 2. The third-order valence-corrected chi connectivity index (χ3v) is 5.34. The Hall–Kier alpha value is -2.30. The summed E-state index contributed by atoms with van der Waals surface area (Å²) >= 11 is 11.9. The number of aryl methyl sites for hydroxylation is 1. The smallest absolute Gasteiger partial charge is 0.174 e. The number of hydrogen-bond donors (Lipinski definition) is 1. The van der Waals surface area contributed by atoms with E-state index in [0.717, 1.165) is 18.8 Å². The maximum absolute atomic E-state index is 6.11. The zero-order valence-electron chi connectivity index (χ0n) is 14.5. The summed E-state index contributed by atoms with van der Waals surface area (Å²) in [6.07, 6.45) is 2.14. The quantitative estimate of drug-likeness (QED) is 0.612. The second-order valence-electron chi connectivity index (χ2n) is 6.57. The van der Waals surface area contributed by atoms with Gasteiger partial charge in [-0.25, -0.2) is 0 Å². The van der Waals surface area contributed by atoms with E-state index >= 15 is 0 Å². The van der Waals surface area contributed by atoms with Crippen LogP contribution in [0.3, 0.4) is 0 Å². The Labute approximate surface area is 164 Å². The van der Waals surface area contributed by atoms with Crippen molar-refractivity contribution in [2.45, 2.75) is 19.5 Å². The zero-order chi connectivity index (χ0) is 18.1. The van der Waals surface area contributed by atoms with Gasteiger partial charge in [-0.05, 0) is 55.0 Å². The highest BCUT2D eigenvalue weighted by Gasteiger charge is 2.30. The number of hydrogen-bond acceptors (Lipinski definition) is 1. The molecular weight excluding hydrogens is 362 g/mol. The maximum atomic E-state index is 6.11. The molecule has 3 nitrogen and oxygen atoms in total. The van der Waals surface area contributed by atoms with E-state index in [9.17, 15) is 0 Å². The van der Waals surface area contributed by atoms with E-state index in [4.69, 9.17) is 23.8 Å². The van der Waals surface area contributed by atoms with E-state index in [1.165, 1.54) is 16.8 Å². The van der Waals surface area contributed by atoms with Gasteiger partial charge in [0, 0.05) is 35.7 Å². The first kappa shape index (κ1) is 17.1. The third-order valence-electron chi connectivity index (χ3n) is 4.77. The standard InChI is InChI=1S/C21H20ClN3S/c1-15-7-9-16(10-8-15)20-19-6-3-11-24(19)12-13-25(20)21(26)23-18-5-2-4-17(22)14-18/h2-11,14,20H,12-13H2,1H3,(H,23,26)/t20-/m1/s1. The molecule has 1 N–H and O–H groups in total. The van der Waals surface area contributed by atoms with Crippen molar-refractivity contribution in [1.29, 1.82) is 0 Å². The van der Waals surface area contributed by atoms with Gasteiger partial charge in [0.15, 0.2) is 5.11 Å². The van der Waals surface area contributed by atoms with Crippen molar-refractivity contribution in [3.63, 3.8) is 0 Å². The molecule has 1 atom stereocenters. The fourth-order valence-corrected chi connectivity index (χ4v) is 3.97. The van der Waals surface area contributed by atoms with Crippen LogP contribution in [-0.4, -0.2) is 21.1 Å². The molecule has 0 spiro atoms. The number of anilines is 1. The van der Waals surface area contributed by atoms with Crippen LogP contribution in [0.5, 0.6) is 0 Å². The summed E-state index contributed by atoms with van der Waals surface area (Å²) in [5.41, 5.74) is 4.66. The molecule has 5 heteroatoms. The summed E-state index contributed by atoms with van der Waals surface area (Å²) in [5, 5.41) is 4.76. The first-order valence-electron chi connectivity index (χ1n) is 8.66. The predicted molar refractivity (Wildman–Crippen MR) is 112 cm³/mol. The lowest BCUT2D eigenvalue weighted by molar-refractivity contribution is 0.293. The second kappa shape index (κ2) is 7.14. The molecule has 0 saturated carbocycles. The number of fused-ring (bicyclic) bond motifs is 1. The molecular formula is C21H20ClN3S. The van der Waals surface area contributed by atoms with Gasteiger partial charge < -0.3 is 14.8 Å². The molecule has 0 amide bonds. The number of thiocarbonyl (C=S) groups is 1. The van der Waals surface area contributed by atoms with Gasteiger partial charge in [-0.2, -0.15) is 0 Å². The molecule has 3 aromatic rings. The molecule has 0 bridgehead atoms. The molecule has 1 aromatic heterocycles. The number of rotatable bonds is 2. The van der Waals surface area contributed by atoms with E-state index in [0.29, 0.717) is 10.1 Å². The van der Waals surface area contributed by atoms with Crippen LogP contribution < -0.4 is 5.32 Å². The fraction of sp³-hybridized carbons (Fsp3) is 0.190. The Balaban J connectivity index is 1.67. The van der Waals surface area contributed by atoms with Crippen molar-refractivity contribution < 1.29 is 0 Å². The van der Waals surface area contributed by atoms with Crippen molar-refractivity contribution in [1.82, 2.24) is 9.47 Å². The van der Waals surface area contributed by atoms with Crippen LogP contribution >= 0.6 is 23.8 Å². The molecule has 26 heavy (non-hydrogen) atoms. The van der Waals surface area contributed by atoms with Crippen molar-refractivity contribution >= 4 is 34.6 Å². The van der Waals surface area contributed by atoms with Crippen LogP contribution in [0.15, 0.2) is 66.9 Å².